The second-order valence-electron chi connectivity index (χ2n) is 9.46. The highest BCUT2D eigenvalue weighted by molar-refractivity contribution is 6.03. The van der Waals surface area contributed by atoms with Crippen LogP contribution in [0.5, 0.6) is 0 Å². The number of carbonyl (C=O) groups excluding carboxylic acids is 4. The van der Waals surface area contributed by atoms with Crippen LogP contribution in [0.4, 0.5) is 9.59 Å². The molecule has 0 saturated carbocycles. The average molecular weight is 497 g/mol. The molecule has 0 aliphatic carbocycles. The van der Waals surface area contributed by atoms with Crippen molar-refractivity contribution in [3.8, 4) is 0 Å². The van der Waals surface area contributed by atoms with Gasteiger partial charge in [0.15, 0.2) is 11.2 Å². The van der Waals surface area contributed by atoms with E-state index in [1.165, 1.54) is 0 Å². The number of amides is 2. The third-order valence-electron chi connectivity index (χ3n) is 5.50. The molecule has 2 aromatic carbocycles. The van der Waals surface area contributed by atoms with Gasteiger partial charge in [0.2, 0.25) is 11.6 Å². The summed E-state index contributed by atoms with van der Waals surface area (Å²) in [5.41, 5.74) is -1.57. The van der Waals surface area contributed by atoms with Crippen LogP contribution in [-0.2, 0) is 9.47 Å². The fourth-order valence-corrected chi connectivity index (χ4v) is 3.49. The van der Waals surface area contributed by atoms with Crippen LogP contribution >= 0.6 is 0 Å². The molecule has 0 aliphatic heterocycles. The molecule has 0 atom stereocenters. The molecule has 0 bridgehead atoms. The maximum absolute atomic E-state index is 12.5. The van der Waals surface area contributed by atoms with Crippen molar-refractivity contribution >= 4 is 23.8 Å². The third kappa shape index (κ3) is 9.17. The molecule has 36 heavy (non-hydrogen) atoms. The maximum Gasteiger partial charge on any atom is 0.408 e. The number of rotatable bonds is 13. The van der Waals surface area contributed by atoms with Gasteiger partial charge in [0.25, 0.3) is 0 Å². The van der Waals surface area contributed by atoms with Crippen molar-refractivity contribution in [1.82, 2.24) is 10.6 Å². The van der Waals surface area contributed by atoms with Gasteiger partial charge in [-0.1, -0.05) is 73.5 Å². The molecular weight excluding hydrogens is 460 g/mol. The summed E-state index contributed by atoms with van der Waals surface area (Å²) in [6.07, 6.45) is 1.85. The summed E-state index contributed by atoms with van der Waals surface area (Å²) in [6, 6.07) is 17.4. The van der Waals surface area contributed by atoms with E-state index in [0.29, 0.717) is 24.2 Å². The van der Waals surface area contributed by atoms with Gasteiger partial charge >= 0.3 is 12.2 Å². The van der Waals surface area contributed by atoms with Gasteiger partial charge in [0.1, 0.15) is 0 Å². The molecule has 2 aromatic rings. The number of alkyl carbamates (subject to hydrolysis) is 2. The van der Waals surface area contributed by atoms with E-state index in [-0.39, 0.29) is 11.6 Å². The predicted octanol–water partition coefficient (Wildman–Crippen LogP) is 5.32. The fourth-order valence-electron chi connectivity index (χ4n) is 3.49. The highest BCUT2D eigenvalue weighted by Crippen LogP contribution is 2.18. The Hall–Kier alpha value is -3.68. The zero-order valence-corrected chi connectivity index (χ0v) is 21.5. The van der Waals surface area contributed by atoms with Crippen molar-refractivity contribution in [3.05, 3.63) is 71.8 Å². The molecule has 0 unspecified atom stereocenters. The predicted molar refractivity (Wildman–Crippen MR) is 137 cm³/mol. The first-order chi connectivity index (χ1) is 17.0. The first kappa shape index (κ1) is 28.6. The highest BCUT2D eigenvalue weighted by Gasteiger charge is 2.33. The Balaban J connectivity index is 1.57. The minimum Gasteiger partial charge on any atom is -0.435 e. The van der Waals surface area contributed by atoms with Gasteiger partial charge in [-0.2, -0.15) is 0 Å². The van der Waals surface area contributed by atoms with Gasteiger partial charge in [0, 0.05) is 24.2 Å². The quantitative estimate of drug-likeness (QED) is 0.287. The summed E-state index contributed by atoms with van der Waals surface area (Å²) < 4.78 is 10.7. The topological polar surface area (TPSA) is 111 Å². The van der Waals surface area contributed by atoms with Crippen LogP contribution in [0.2, 0.25) is 0 Å². The van der Waals surface area contributed by atoms with Gasteiger partial charge in [-0.3, -0.25) is 9.59 Å². The van der Waals surface area contributed by atoms with Crippen LogP contribution in [0.3, 0.4) is 0 Å². The Morgan fingerprint density at radius 3 is 1.25 bits per heavy atom. The number of hydrogen-bond acceptors (Lipinski definition) is 6. The van der Waals surface area contributed by atoms with Gasteiger partial charge in [0.05, 0.1) is 0 Å². The summed E-state index contributed by atoms with van der Waals surface area (Å²) in [5, 5.41) is 5.34. The van der Waals surface area contributed by atoms with Gasteiger partial charge in [-0.15, -0.1) is 0 Å². The van der Waals surface area contributed by atoms with Crippen molar-refractivity contribution in [2.75, 3.05) is 13.1 Å². The van der Waals surface area contributed by atoms with Gasteiger partial charge in [-0.25, -0.2) is 9.59 Å². The van der Waals surface area contributed by atoms with Crippen LogP contribution in [0.1, 0.15) is 74.1 Å². The van der Waals surface area contributed by atoms with Gasteiger partial charge < -0.3 is 20.1 Å². The van der Waals surface area contributed by atoms with Gasteiger partial charge in [-0.05, 0) is 40.5 Å². The van der Waals surface area contributed by atoms with Crippen molar-refractivity contribution in [1.29, 1.82) is 0 Å². The van der Waals surface area contributed by atoms with E-state index < -0.39 is 23.4 Å². The van der Waals surface area contributed by atoms with Crippen molar-refractivity contribution in [2.45, 2.75) is 64.6 Å². The smallest absolute Gasteiger partial charge is 0.408 e. The molecular formula is C28H36N2O6. The molecule has 0 saturated heterocycles. The van der Waals surface area contributed by atoms with Crippen LogP contribution in [0, 0.1) is 0 Å². The summed E-state index contributed by atoms with van der Waals surface area (Å²) in [4.78, 5) is 49.3. The molecule has 0 heterocycles. The van der Waals surface area contributed by atoms with Crippen LogP contribution in [-0.4, -0.2) is 48.0 Å². The van der Waals surface area contributed by atoms with E-state index in [1.807, 2.05) is 12.1 Å². The van der Waals surface area contributed by atoms with E-state index in [4.69, 9.17) is 9.47 Å². The monoisotopic (exact) mass is 496 g/mol. The second-order valence-corrected chi connectivity index (χ2v) is 9.46. The minimum absolute atomic E-state index is 0.267. The number of benzene rings is 2. The first-order valence-corrected chi connectivity index (χ1v) is 12.2. The van der Waals surface area contributed by atoms with Crippen molar-refractivity contribution < 1.29 is 28.7 Å². The maximum atomic E-state index is 12.5. The Morgan fingerprint density at radius 2 is 0.917 bits per heavy atom. The summed E-state index contributed by atoms with van der Waals surface area (Å²) in [7, 11) is 0. The summed E-state index contributed by atoms with van der Waals surface area (Å²) in [6.45, 7) is 7.11. The number of Topliss-reactive ketones (excluding diaryl/α,β-unsaturated/α-hetero) is 2. The van der Waals surface area contributed by atoms with Crippen LogP contribution < -0.4 is 10.6 Å². The number of ether oxygens (including phenoxy) is 2. The Bertz CT molecular complexity index is 935. The SMILES string of the molecule is CC(C)(OC(=O)NCCCCCCNC(=O)OC(C)(C)C(=O)c1ccccc1)C(=O)c1ccccc1. The summed E-state index contributed by atoms with van der Waals surface area (Å²) >= 11 is 0. The number of ketones is 2. The molecule has 8 nitrogen and oxygen atoms in total. The highest BCUT2D eigenvalue weighted by atomic mass is 16.6. The van der Waals surface area contributed by atoms with Crippen molar-refractivity contribution in [3.63, 3.8) is 0 Å². The molecule has 0 radical (unpaired) electrons. The first-order valence-electron chi connectivity index (χ1n) is 12.2. The Kier molecular flexibility index (Phi) is 10.6. The van der Waals surface area contributed by atoms with E-state index in [0.717, 1.165) is 25.7 Å². The van der Waals surface area contributed by atoms with E-state index in [9.17, 15) is 19.2 Å². The zero-order valence-electron chi connectivity index (χ0n) is 21.5. The normalized spacial score (nSPS) is 11.3. The van der Waals surface area contributed by atoms with Crippen LogP contribution in [0.25, 0.3) is 0 Å². The van der Waals surface area contributed by atoms with Crippen molar-refractivity contribution in [2.24, 2.45) is 0 Å². The van der Waals surface area contributed by atoms with Crippen LogP contribution in [0.15, 0.2) is 60.7 Å². The third-order valence-corrected chi connectivity index (χ3v) is 5.50. The molecule has 2 rings (SSSR count). The zero-order chi connectivity index (χ0) is 26.6. The Morgan fingerprint density at radius 1 is 0.583 bits per heavy atom. The molecule has 0 fully saturated rings. The second kappa shape index (κ2) is 13.4. The lowest BCUT2D eigenvalue weighted by molar-refractivity contribution is 0.0319. The standard InChI is InChI=1S/C28H36N2O6/c1-27(2,23(31)21-15-9-7-10-16-21)35-25(33)29-19-13-5-6-14-20-30-26(34)36-28(3,4)24(32)22-17-11-8-12-18-22/h7-12,15-18H,5-6,13-14,19-20H2,1-4H3,(H,29,33)(H,30,34). The molecule has 2 N–H and O–H groups in total. The lowest BCUT2D eigenvalue weighted by atomic mass is 9.97. The molecule has 194 valence electrons. The average Bonchev–Trinajstić information content (AvgIpc) is 2.85. The van der Waals surface area contributed by atoms with E-state index in [1.54, 1.807) is 76.2 Å². The number of nitrogens with one attached hydrogen (secondary N) is 2. The molecule has 0 aliphatic rings. The number of hydrogen-bond donors (Lipinski definition) is 2. The minimum atomic E-state index is -1.27. The largest absolute Gasteiger partial charge is 0.435 e. The number of unbranched alkanes of at least 4 members (excludes halogenated alkanes) is 3. The molecule has 8 heteroatoms. The molecule has 0 aromatic heterocycles. The fraction of sp³-hybridized carbons (Fsp3) is 0.429. The molecule has 2 amide bonds. The summed E-state index contributed by atoms with van der Waals surface area (Å²) in [5.74, 6) is -0.533. The lowest BCUT2D eigenvalue weighted by Gasteiger charge is -2.24. The van der Waals surface area contributed by atoms with E-state index >= 15 is 0 Å². The Labute approximate surface area is 212 Å². The molecule has 0 spiro atoms. The number of carbonyl (C=O) groups is 4. The lowest BCUT2D eigenvalue weighted by Crippen LogP contribution is -2.41. The van der Waals surface area contributed by atoms with E-state index in [2.05, 4.69) is 10.6 Å².